The topological polar surface area (TPSA) is 75.1 Å². The summed E-state index contributed by atoms with van der Waals surface area (Å²) in [5.41, 5.74) is 0.572. The summed E-state index contributed by atoms with van der Waals surface area (Å²) in [5.74, 6) is 0.841. The smallest absolute Gasteiger partial charge is 0.319 e. The Bertz CT molecular complexity index is 643. The predicted octanol–water partition coefficient (Wildman–Crippen LogP) is 2.58. The van der Waals surface area contributed by atoms with E-state index in [9.17, 15) is 4.79 Å². The molecule has 2 heterocycles. The van der Waals surface area contributed by atoms with Crippen molar-refractivity contribution in [1.82, 2.24) is 19.9 Å². The van der Waals surface area contributed by atoms with Gasteiger partial charge in [-0.15, -0.1) is 0 Å². The van der Waals surface area contributed by atoms with Gasteiger partial charge in [0.25, 0.3) is 0 Å². The van der Waals surface area contributed by atoms with Crippen LogP contribution in [-0.4, -0.2) is 40.7 Å². The number of carbonyl (C=O) groups excluding carboxylic acids is 1. The molecule has 130 valence electrons. The zero-order valence-electron chi connectivity index (χ0n) is 14.9. The van der Waals surface area contributed by atoms with Crippen LogP contribution in [0.1, 0.15) is 20.8 Å². The molecule has 0 aliphatic carbocycles. The molecule has 7 heteroatoms. The lowest BCUT2D eigenvalue weighted by atomic mass is 9.86. The molecule has 2 rings (SSSR count). The number of urea groups is 1. The van der Waals surface area contributed by atoms with E-state index in [0.717, 1.165) is 5.82 Å². The second kappa shape index (κ2) is 7.33. The summed E-state index contributed by atoms with van der Waals surface area (Å²) in [6.07, 6.45) is 7.03. The molecule has 1 atom stereocenters. The van der Waals surface area contributed by atoms with E-state index in [2.05, 4.69) is 41.4 Å². The lowest BCUT2D eigenvalue weighted by molar-refractivity contribution is 0.218. The predicted molar refractivity (Wildman–Crippen MR) is 96.2 cm³/mol. The van der Waals surface area contributed by atoms with Crippen LogP contribution >= 0.6 is 0 Å². The van der Waals surface area contributed by atoms with Gasteiger partial charge in [0.15, 0.2) is 0 Å². The number of anilines is 2. The van der Waals surface area contributed by atoms with Crippen molar-refractivity contribution in [3.63, 3.8) is 0 Å². The highest BCUT2D eigenvalue weighted by Crippen LogP contribution is 2.21. The van der Waals surface area contributed by atoms with E-state index < -0.39 is 0 Å². The quantitative estimate of drug-likeness (QED) is 0.883. The first-order valence-electron chi connectivity index (χ1n) is 7.92. The number of pyridine rings is 1. The molecular weight excluding hydrogens is 304 g/mol. The Kier molecular flexibility index (Phi) is 5.43. The van der Waals surface area contributed by atoms with Crippen LogP contribution in [0.3, 0.4) is 0 Å². The summed E-state index contributed by atoms with van der Waals surface area (Å²) in [5, 5.41) is 5.88. The van der Waals surface area contributed by atoms with E-state index in [4.69, 9.17) is 0 Å². The number of imidazole rings is 1. The normalized spacial score (nSPS) is 12.5. The fourth-order valence-electron chi connectivity index (χ4n) is 2.19. The average molecular weight is 330 g/mol. The third kappa shape index (κ3) is 4.97. The van der Waals surface area contributed by atoms with Gasteiger partial charge in [0.05, 0.1) is 24.3 Å². The first kappa shape index (κ1) is 17.8. The Balaban J connectivity index is 1.99. The Hall–Kier alpha value is -2.57. The molecule has 24 heavy (non-hydrogen) atoms. The van der Waals surface area contributed by atoms with Gasteiger partial charge in [-0.1, -0.05) is 20.8 Å². The van der Waals surface area contributed by atoms with Gasteiger partial charge < -0.3 is 20.1 Å². The highest BCUT2D eigenvalue weighted by atomic mass is 16.2. The maximum Gasteiger partial charge on any atom is 0.319 e. The van der Waals surface area contributed by atoms with Crippen molar-refractivity contribution in [2.75, 3.05) is 24.3 Å². The molecule has 0 spiro atoms. The average Bonchev–Trinajstić information content (AvgIpc) is 2.99. The van der Waals surface area contributed by atoms with Gasteiger partial charge in [-0.2, -0.15) is 0 Å². The molecule has 0 fully saturated rings. The number of rotatable bonds is 5. The van der Waals surface area contributed by atoms with Gasteiger partial charge in [0.1, 0.15) is 5.82 Å². The van der Waals surface area contributed by atoms with Crippen LogP contribution in [-0.2, 0) is 6.54 Å². The molecule has 2 aromatic rings. The van der Waals surface area contributed by atoms with Gasteiger partial charge in [0, 0.05) is 33.0 Å². The number of hydrogen-bond donors (Lipinski definition) is 2. The summed E-state index contributed by atoms with van der Waals surface area (Å²) in [6.45, 7) is 6.96. The zero-order chi connectivity index (χ0) is 17.7. The van der Waals surface area contributed by atoms with Crippen LogP contribution in [0.4, 0.5) is 16.3 Å². The van der Waals surface area contributed by atoms with E-state index in [-0.39, 0.29) is 17.5 Å². The summed E-state index contributed by atoms with van der Waals surface area (Å²) in [6, 6.07) is 3.42. The van der Waals surface area contributed by atoms with Crippen molar-refractivity contribution in [3.8, 4) is 0 Å². The molecule has 0 aromatic carbocycles. The molecule has 2 amide bonds. The molecule has 0 saturated carbocycles. The van der Waals surface area contributed by atoms with Crippen molar-refractivity contribution in [3.05, 3.63) is 37.1 Å². The standard InChI is InChI=1S/C17H26N6O/c1-17(2,3)14(11-23-9-8-18-12-23)21-16(24)20-13-6-7-15(19-10-13)22(4)5/h6-10,12,14H,11H2,1-5H3,(H2,20,21,24)/t14-/m0/s1. The first-order valence-corrected chi connectivity index (χ1v) is 7.92. The number of amides is 2. The number of nitrogens with one attached hydrogen (secondary N) is 2. The van der Waals surface area contributed by atoms with Gasteiger partial charge in [-0.3, -0.25) is 0 Å². The monoisotopic (exact) mass is 330 g/mol. The molecule has 0 bridgehead atoms. The summed E-state index contributed by atoms with van der Waals surface area (Å²) < 4.78 is 1.96. The molecule has 0 saturated heterocycles. The van der Waals surface area contributed by atoms with Crippen LogP contribution in [0, 0.1) is 5.41 Å². The second-order valence-corrected chi connectivity index (χ2v) is 7.08. The Labute approximate surface area is 143 Å². The van der Waals surface area contributed by atoms with Crippen LogP contribution < -0.4 is 15.5 Å². The molecular formula is C17H26N6O. The highest BCUT2D eigenvalue weighted by molar-refractivity contribution is 5.89. The van der Waals surface area contributed by atoms with Crippen molar-refractivity contribution in [2.24, 2.45) is 5.41 Å². The largest absolute Gasteiger partial charge is 0.363 e. The minimum Gasteiger partial charge on any atom is -0.363 e. The number of nitrogens with zero attached hydrogens (tertiary/aromatic N) is 4. The lowest BCUT2D eigenvalue weighted by Crippen LogP contribution is -2.47. The van der Waals surface area contributed by atoms with E-state index in [1.807, 2.05) is 41.9 Å². The third-order valence-electron chi connectivity index (χ3n) is 3.77. The molecule has 0 radical (unpaired) electrons. The van der Waals surface area contributed by atoms with E-state index >= 15 is 0 Å². The van der Waals surface area contributed by atoms with Crippen molar-refractivity contribution in [2.45, 2.75) is 33.4 Å². The van der Waals surface area contributed by atoms with Gasteiger partial charge in [-0.05, 0) is 17.5 Å². The molecule has 0 unspecified atom stereocenters. The van der Waals surface area contributed by atoms with Crippen LogP contribution in [0.5, 0.6) is 0 Å². The fraction of sp³-hybridized carbons (Fsp3) is 0.471. The summed E-state index contributed by atoms with van der Waals surface area (Å²) >= 11 is 0. The van der Waals surface area contributed by atoms with Crippen molar-refractivity contribution in [1.29, 1.82) is 0 Å². The number of hydrogen-bond acceptors (Lipinski definition) is 4. The van der Waals surface area contributed by atoms with Crippen LogP contribution in [0.15, 0.2) is 37.1 Å². The van der Waals surface area contributed by atoms with E-state index in [1.54, 1.807) is 18.7 Å². The number of aromatic nitrogens is 3. The molecule has 7 nitrogen and oxygen atoms in total. The third-order valence-corrected chi connectivity index (χ3v) is 3.77. The Morgan fingerprint density at radius 3 is 2.58 bits per heavy atom. The zero-order valence-corrected chi connectivity index (χ0v) is 14.9. The molecule has 2 aromatic heterocycles. The van der Waals surface area contributed by atoms with Gasteiger partial charge >= 0.3 is 6.03 Å². The molecule has 0 aliphatic heterocycles. The second-order valence-electron chi connectivity index (χ2n) is 7.08. The minimum absolute atomic E-state index is 0.0410. The fourth-order valence-corrected chi connectivity index (χ4v) is 2.19. The maximum absolute atomic E-state index is 12.3. The van der Waals surface area contributed by atoms with Crippen LogP contribution in [0.2, 0.25) is 0 Å². The number of carbonyl (C=O) groups is 1. The minimum atomic E-state index is -0.241. The molecule has 0 aliphatic rings. The summed E-state index contributed by atoms with van der Waals surface area (Å²) in [4.78, 5) is 22.6. The Morgan fingerprint density at radius 2 is 2.08 bits per heavy atom. The van der Waals surface area contributed by atoms with E-state index in [1.165, 1.54) is 0 Å². The molecule has 2 N–H and O–H groups in total. The van der Waals surface area contributed by atoms with Crippen molar-refractivity contribution < 1.29 is 4.79 Å². The SMILES string of the molecule is CN(C)c1ccc(NC(=O)N[C@@H](Cn2ccnc2)C(C)(C)C)cn1. The van der Waals surface area contributed by atoms with Gasteiger partial charge in [-0.25, -0.2) is 14.8 Å². The Morgan fingerprint density at radius 1 is 1.33 bits per heavy atom. The lowest BCUT2D eigenvalue weighted by Gasteiger charge is -2.31. The summed E-state index contributed by atoms with van der Waals surface area (Å²) in [7, 11) is 3.85. The van der Waals surface area contributed by atoms with Crippen LogP contribution in [0.25, 0.3) is 0 Å². The maximum atomic E-state index is 12.3. The van der Waals surface area contributed by atoms with Crippen molar-refractivity contribution >= 4 is 17.5 Å². The van der Waals surface area contributed by atoms with E-state index in [0.29, 0.717) is 12.2 Å². The van der Waals surface area contributed by atoms with Gasteiger partial charge in [0.2, 0.25) is 0 Å². The first-order chi connectivity index (χ1) is 11.3. The highest BCUT2D eigenvalue weighted by Gasteiger charge is 2.26.